The number of carbonyl (C=O) groups is 2. The number of piperidine rings is 1. The average molecular weight is 511 g/mol. The Labute approximate surface area is 218 Å². The van der Waals surface area contributed by atoms with Gasteiger partial charge in [-0.25, -0.2) is 0 Å². The van der Waals surface area contributed by atoms with Crippen LogP contribution in [0.3, 0.4) is 0 Å². The Morgan fingerprint density at radius 3 is 2.17 bits per heavy atom. The Hall–Kier alpha value is -3.17. The van der Waals surface area contributed by atoms with Crippen molar-refractivity contribution < 1.29 is 19.1 Å². The van der Waals surface area contributed by atoms with Crippen LogP contribution in [0.15, 0.2) is 48.5 Å². The molecule has 0 aliphatic carbocycles. The number of hydrogen-bond donors (Lipinski definition) is 1. The highest BCUT2D eigenvalue weighted by molar-refractivity contribution is 7.80. The largest absolute Gasteiger partial charge is 0.497 e. The summed E-state index contributed by atoms with van der Waals surface area (Å²) in [7, 11) is 3.19. The van der Waals surface area contributed by atoms with Gasteiger partial charge in [0.05, 0.1) is 26.3 Å². The van der Waals surface area contributed by atoms with Crippen molar-refractivity contribution in [3.05, 3.63) is 48.5 Å². The van der Waals surface area contributed by atoms with Crippen molar-refractivity contribution in [2.45, 2.75) is 38.1 Å². The van der Waals surface area contributed by atoms with E-state index >= 15 is 0 Å². The van der Waals surface area contributed by atoms with Crippen molar-refractivity contribution in [3.8, 4) is 11.5 Å². The van der Waals surface area contributed by atoms with E-state index in [0.717, 1.165) is 26.1 Å². The summed E-state index contributed by atoms with van der Waals surface area (Å²) in [6, 6.07) is 13.7. The first-order chi connectivity index (χ1) is 17.5. The number of likely N-dealkylation sites (tertiary alicyclic amines) is 1. The van der Waals surface area contributed by atoms with E-state index in [1.807, 2.05) is 17.0 Å². The highest BCUT2D eigenvalue weighted by Crippen LogP contribution is 2.29. The minimum Gasteiger partial charge on any atom is -0.497 e. The molecule has 0 radical (unpaired) electrons. The molecule has 4 rings (SSSR count). The fourth-order valence-corrected chi connectivity index (χ4v) is 5.18. The van der Waals surface area contributed by atoms with Gasteiger partial charge in [-0.05, 0) is 99.6 Å². The molecule has 8 nitrogen and oxygen atoms in total. The second kappa shape index (κ2) is 12.2. The van der Waals surface area contributed by atoms with E-state index in [9.17, 15) is 9.59 Å². The summed E-state index contributed by atoms with van der Waals surface area (Å²) in [6.45, 7) is 3.82. The van der Waals surface area contributed by atoms with Gasteiger partial charge in [0.15, 0.2) is 5.11 Å². The smallest absolute Gasteiger partial charge is 0.256 e. The van der Waals surface area contributed by atoms with E-state index in [2.05, 4.69) is 10.2 Å². The molecule has 36 heavy (non-hydrogen) atoms. The van der Waals surface area contributed by atoms with Crippen LogP contribution in [0.5, 0.6) is 11.5 Å². The highest BCUT2D eigenvalue weighted by atomic mass is 32.1. The third-order valence-corrected chi connectivity index (χ3v) is 7.14. The van der Waals surface area contributed by atoms with Gasteiger partial charge >= 0.3 is 0 Å². The lowest BCUT2D eigenvalue weighted by molar-refractivity contribution is -0.124. The van der Waals surface area contributed by atoms with Crippen LogP contribution in [-0.4, -0.2) is 73.2 Å². The van der Waals surface area contributed by atoms with E-state index in [1.165, 1.54) is 19.3 Å². The van der Waals surface area contributed by atoms with Crippen LogP contribution in [0.1, 0.15) is 32.1 Å². The Bertz CT molecular complexity index is 1050. The molecule has 1 atom stereocenters. The molecule has 2 fully saturated rings. The van der Waals surface area contributed by atoms with Crippen molar-refractivity contribution in [1.29, 1.82) is 0 Å². The van der Waals surface area contributed by atoms with Crippen molar-refractivity contribution in [2.75, 3.05) is 50.6 Å². The summed E-state index contributed by atoms with van der Waals surface area (Å²) >= 11 is 5.78. The lowest BCUT2D eigenvalue weighted by Gasteiger charge is -2.28. The van der Waals surface area contributed by atoms with Crippen LogP contribution in [0.4, 0.5) is 11.4 Å². The number of rotatable bonds is 10. The lowest BCUT2D eigenvalue weighted by Crippen LogP contribution is -2.40. The number of benzene rings is 2. The molecule has 2 aromatic rings. The molecule has 0 bridgehead atoms. The van der Waals surface area contributed by atoms with Crippen molar-refractivity contribution in [2.24, 2.45) is 0 Å². The van der Waals surface area contributed by atoms with Gasteiger partial charge in [0.1, 0.15) is 17.5 Å². The summed E-state index contributed by atoms with van der Waals surface area (Å²) in [5, 5.41) is 3.33. The molecule has 2 heterocycles. The van der Waals surface area contributed by atoms with Crippen LogP contribution in [-0.2, 0) is 9.59 Å². The number of carbonyl (C=O) groups excluding carboxylic acids is 2. The molecule has 2 saturated heterocycles. The number of amides is 2. The zero-order valence-electron chi connectivity index (χ0n) is 20.9. The van der Waals surface area contributed by atoms with Crippen molar-refractivity contribution in [1.82, 2.24) is 9.80 Å². The molecule has 0 aromatic heterocycles. The SMILES string of the molecule is COc1ccc(NC(=O)C[C@H]2C(=O)N(c3ccc(OC)cc3)C(=S)N2CCCN2CCCCC2)cc1. The van der Waals surface area contributed by atoms with Crippen LogP contribution in [0.2, 0.25) is 0 Å². The van der Waals surface area contributed by atoms with E-state index in [4.69, 9.17) is 21.7 Å². The maximum absolute atomic E-state index is 13.6. The number of nitrogens with zero attached hydrogens (tertiary/aromatic N) is 3. The fraction of sp³-hybridized carbons (Fsp3) is 0.444. The van der Waals surface area contributed by atoms with Gasteiger partial charge in [-0.2, -0.15) is 0 Å². The molecule has 1 N–H and O–H groups in total. The summed E-state index contributed by atoms with van der Waals surface area (Å²) in [5.74, 6) is 0.983. The maximum atomic E-state index is 13.6. The van der Waals surface area contributed by atoms with Gasteiger partial charge in [0.25, 0.3) is 5.91 Å². The maximum Gasteiger partial charge on any atom is 0.256 e. The number of thiocarbonyl (C=S) groups is 1. The van der Waals surface area contributed by atoms with Gasteiger partial charge in [0.2, 0.25) is 5.91 Å². The normalized spacial score (nSPS) is 18.4. The molecule has 0 spiro atoms. The number of nitrogens with one attached hydrogen (secondary N) is 1. The minimum atomic E-state index is -0.654. The quantitative estimate of drug-likeness (QED) is 0.486. The summed E-state index contributed by atoms with van der Waals surface area (Å²) in [6.07, 6.45) is 4.66. The molecule has 0 saturated carbocycles. The van der Waals surface area contributed by atoms with Gasteiger partial charge in [-0.1, -0.05) is 6.42 Å². The summed E-state index contributed by atoms with van der Waals surface area (Å²) in [5.41, 5.74) is 1.32. The van der Waals surface area contributed by atoms with Crippen LogP contribution in [0.25, 0.3) is 0 Å². The molecular weight excluding hydrogens is 476 g/mol. The van der Waals surface area contributed by atoms with Gasteiger partial charge in [-0.3, -0.25) is 14.5 Å². The molecular formula is C27H34N4O4S. The van der Waals surface area contributed by atoms with E-state index in [1.54, 1.807) is 55.5 Å². The monoisotopic (exact) mass is 510 g/mol. The minimum absolute atomic E-state index is 0.0152. The Morgan fingerprint density at radius 2 is 1.56 bits per heavy atom. The third-order valence-electron chi connectivity index (χ3n) is 6.72. The van der Waals surface area contributed by atoms with Crippen molar-refractivity contribution >= 4 is 40.5 Å². The average Bonchev–Trinajstić information content (AvgIpc) is 3.13. The van der Waals surface area contributed by atoms with Crippen LogP contribution >= 0.6 is 12.2 Å². The molecule has 2 aliphatic heterocycles. The number of ether oxygens (including phenoxy) is 2. The Morgan fingerprint density at radius 1 is 0.944 bits per heavy atom. The molecule has 2 aliphatic rings. The topological polar surface area (TPSA) is 74.3 Å². The second-order valence-corrected chi connectivity index (χ2v) is 9.47. The highest BCUT2D eigenvalue weighted by Gasteiger charge is 2.43. The second-order valence-electron chi connectivity index (χ2n) is 9.10. The van der Waals surface area contributed by atoms with Gasteiger partial charge in [0, 0.05) is 12.2 Å². The van der Waals surface area contributed by atoms with Gasteiger partial charge < -0.3 is 24.6 Å². The molecule has 2 aromatic carbocycles. The first-order valence-corrected chi connectivity index (χ1v) is 12.9. The van der Waals surface area contributed by atoms with Gasteiger partial charge in [-0.15, -0.1) is 0 Å². The zero-order chi connectivity index (χ0) is 25.5. The summed E-state index contributed by atoms with van der Waals surface area (Å²) < 4.78 is 10.4. The molecule has 192 valence electrons. The molecule has 9 heteroatoms. The van der Waals surface area contributed by atoms with E-state index in [0.29, 0.717) is 34.5 Å². The number of hydrogen-bond acceptors (Lipinski definition) is 6. The Balaban J connectivity index is 1.47. The lowest BCUT2D eigenvalue weighted by atomic mass is 10.1. The fourth-order valence-electron chi connectivity index (χ4n) is 4.77. The Kier molecular flexibility index (Phi) is 8.77. The zero-order valence-corrected chi connectivity index (χ0v) is 21.8. The number of methoxy groups -OCH3 is 2. The standard InChI is InChI=1S/C27H34N4O4S/c1-34-22-11-7-20(8-12-22)28-25(32)19-24-26(33)31(21-9-13-23(35-2)14-10-21)27(36)30(24)18-6-17-29-15-4-3-5-16-29/h7-14,24H,3-6,15-19H2,1-2H3,(H,28,32)/t24-/m0/s1. The van der Waals surface area contributed by atoms with Crippen molar-refractivity contribution in [3.63, 3.8) is 0 Å². The van der Waals surface area contributed by atoms with Crippen LogP contribution < -0.4 is 19.7 Å². The molecule has 2 amide bonds. The van der Waals surface area contributed by atoms with Crippen LogP contribution in [0, 0.1) is 0 Å². The van der Waals surface area contributed by atoms with E-state index < -0.39 is 6.04 Å². The predicted molar refractivity (Wildman–Crippen MR) is 145 cm³/mol. The number of anilines is 2. The predicted octanol–water partition coefficient (Wildman–Crippen LogP) is 3.91. The third kappa shape index (κ3) is 6.14. The first kappa shape index (κ1) is 25.9. The molecule has 0 unspecified atom stereocenters. The first-order valence-electron chi connectivity index (χ1n) is 12.4. The van der Waals surface area contributed by atoms with E-state index in [-0.39, 0.29) is 18.2 Å². The summed E-state index contributed by atoms with van der Waals surface area (Å²) in [4.78, 5) is 32.5.